The lowest BCUT2D eigenvalue weighted by atomic mass is 10.0. The molecule has 21 heteroatoms. The zero-order chi connectivity index (χ0) is 42.9. The monoisotopic (exact) mass is 838 g/mol. The Hall–Kier alpha value is -6.06. The van der Waals surface area contributed by atoms with Crippen molar-refractivity contribution in [2.24, 2.45) is 0 Å². The van der Waals surface area contributed by atoms with E-state index in [-0.39, 0.29) is 48.8 Å². The van der Waals surface area contributed by atoms with Crippen molar-refractivity contribution < 1.29 is 54.1 Å². The number of ether oxygens (including phenoxy) is 3. The van der Waals surface area contributed by atoms with Gasteiger partial charge in [-0.15, -0.1) is 0 Å². The Balaban J connectivity index is 0.000000256. The zero-order valence-corrected chi connectivity index (χ0v) is 31.3. The van der Waals surface area contributed by atoms with Crippen LogP contribution in [0.3, 0.4) is 0 Å². The predicted octanol–water partition coefficient (Wildman–Crippen LogP) is 7.94. The van der Waals surface area contributed by atoms with Gasteiger partial charge < -0.3 is 25.3 Å². The lowest BCUT2D eigenvalue weighted by Gasteiger charge is -2.41. The maximum atomic E-state index is 13.6. The predicted molar refractivity (Wildman–Crippen MR) is 197 cm³/mol. The number of halogens is 8. The van der Waals surface area contributed by atoms with E-state index in [0.717, 1.165) is 5.56 Å². The van der Waals surface area contributed by atoms with Gasteiger partial charge >= 0.3 is 24.1 Å². The van der Waals surface area contributed by atoms with E-state index in [1.54, 1.807) is 36.1 Å². The molecular formula is C38H38F8N8O5. The summed E-state index contributed by atoms with van der Waals surface area (Å²) in [6, 6.07) is 15.3. The van der Waals surface area contributed by atoms with Gasteiger partial charge in [-0.3, -0.25) is 15.2 Å². The van der Waals surface area contributed by atoms with Crippen molar-refractivity contribution in [2.45, 2.75) is 57.7 Å². The molecule has 3 aromatic carbocycles. The van der Waals surface area contributed by atoms with Crippen molar-refractivity contribution in [1.82, 2.24) is 25.1 Å². The highest BCUT2D eigenvalue weighted by Gasteiger charge is 2.39. The number of aromatic nitrogens is 4. The number of carbonyl (C=O) groups excluding carboxylic acids is 1. The molecule has 0 saturated carbocycles. The highest BCUT2D eigenvalue weighted by Crippen LogP contribution is 2.40. The smallest absolute Gasteiger partial charge is 0.416 e. The fourth-order valence-electron chi connectivity index (χ4n) is 5.82. The summed E-state index contributed by atoms with van der Waals surface area (Å²) in [5.74, 6) is 0.213. The molecule has 6 rings (SSSR count). The van der Waals surface area contributed by atoms with Gasteiger partial charge in [0.05, 0.1) is 48.7 Å². The third-order valence-corrected chi connectivity index (χ3v) is 8.67. The topological polar surface area (TPSA) is 173 Å². The van der Waals surface area contributed by atoms with Crippen LogP contribution in [0.5, 0.6) is 0 Å². The van der Waals surface area contributed by atoms with E-state index in [4.69, 9.17) is 19.9 Å². The molecule has 0 aliphatic carbocycles. The lowest BCUT2D eigenvalue weighted by Crippen LogP contribution is -2.46. The van der Waals surface area contributed by atoms with E-state index >= 15 is 0 Å². The average Bonchev–Trinajstić information content (AvgIpc) is 3.59. The summed E-state index contributed by atoms with van der Waals surface area (Å²) in [6.07, 6.45) is -13.0. The first-order valence-electron chi connectivity index (χ1n) is 17.8. The molecule has 1 aliphatic rings. The number of amides is 1. The number of nitrogen functional groups attached to an aromatic ring is 1. The quantitative estimate of drug-likeness (QED) is 0.0823. The number of nitrogens with zero attached hydrogens (tertiary/aromatic N) is 3. The molecule has 0 spiro atoms. The number of anilines is 3. The number of benzene rings is 3. The summed E-state index contributed by atoms with van der Waals surface area (Å²) in [4.78, 5) is 31.2. The van der Waals surface area contributed by atoms with Crippen LogP contribution in [0.15, 0.2) is 83.7 Å². The molecule has 3 heterocycles. The van der Waals surface area contributed by atoms with Crippen LogP contribution in [0, 0.1) is 11.6 Å². The van der Waals surface area contributed by atoms with Gasteiger partial charge in [0.1, 0.15) is 29.1 Å². The Bertz CT molecular complexity index is 2180. The summed E-state index contributed by atoms with van der Waals surface area (Å²) < 4.78 is 123. The van der Waals surface area contributed by atoms with Crippen molar-refractivity contribution in [3.63, 3.8) is 0 Å². The van der Waals surface area contributed by atoms with Crippen LogP contribution >= 0.6 is 0 Å². The van der Waals surface area contributed by atoms with Crippen molar-refractivity contribution >= 4 is 23.4 Å². The number of alkyl halides is 6. The molecule has 13 nitrogen and oxygen atoms in total. The normalized spacial score (nSPS) is 16.4. The number of H-pyrrole nitrogens is 2. The molecular weight excluding hydrogens is 800 g/mol. The summed E-state index contributed by atoms with van der Waals surface area (Å²) >= 11 is 0. The average molecular weight is 839 g/mol. The second-order valence-corrected chi connectivity index (χ2v) is 12.9. The SMILES string of the molecule is CCOC(=O)Nc1ccc(NCc2ccc(F)cc2)nc1N.C[C@@H](O[C@H]1OCCN(Cc2n[nH]c(=O)[nH]2)[C@H]1c1ccc(F)cc1)c1cc(C(F)(F)F)cc(C(F)(F)F)c1. The number of rotatable bonds is 11. The van der Waals surface area contributed by atoms with Gasteiger partial charge in [0, 0.05) is 13.1 Å². The van der Waals surface area contributed by atoms with Crippen molar-refractivity contribution in [2.75, 3.05) is 36.1 Å². The van der Waals surface area contributed by atoms with Crippen LogP contribution < -0.4 is 22.1 Å². The van der Waals surface area contributed by atoms with E-state index in [9.17, 15) is 44.7 Å². The molecule has 1 amide bonds. The summed E-state index contributed by atoms with van der Waals surface area (Å²) in [7, 11) is 0. The maximum absolute atomic E-state index is 13.6. The third kappa shape index (κ3) is 12.5. The van der Waals surface area contributed by atoms with E-state index in [1.807, 2.05) is 0 Å². The van der Waals surface area contributed by atoms with Crippen LogP contribution in [0.4, 0.5) is 57.2 Å². The van der Waals surface area contributed by atoms with Crippen molar-refractivity contribution in [1.29, 1.82) is 0 Å². The minimum Gasteiger partial charge on any atom is -0.450 e. The van der Waals surface area contributed by atoms with Gasteiger partial charge in [-0.25, -0.2) is 28.5 Å². The minimum atomic E-state index is -5.01. The lowest BCUT2D eigenvalue weighted by molar-refractivity contribution is -0.231. The van der Waals surface area contributed by atoms with Crippen molar-refractivity contribution in [3.05, 3.63) is 135 Å². The number of carbonyl (C=O) groups is 1. The minimum absolute atomic E-state index is 0.0427. The second-order valence-electron chi connectivity index (χ2n) is 12.9. The van der Waals surface area contributed by atoms with Gasteiger partial charge in [0.25, 0.3) is 0 Å². The molecule has 1 saturated heterocycles. The molecule has 3 atom stereocenters. The highest BCUT2D eigenvalue weighted by molar-refractivity contribution is 5.88. The number of morpholine rings is 1. The standard InChI is InChI=1S/C23H21F7N4O3.C15H17FN4O2/c1-12(14-8-15(22(25,26)27)10-16(9-14)23(28,29)30)37-20-19(13-2-4-17(24)5-3-13)34(6-7-36-20)11-18-31-21(35)33-32-18;1-2-22-15(21)19-12-7-8-13(20-14(12)17)18-9-10-3-5-11(16)6-4-10/h2-5,8-10,12,19-20H,6-7,11H2,1H3,(H2,31,32,33,35);3-8H,2,9H2,1H3,(H,19,21)(H3,17,18,20)/t12-,19+,20-;/m1./s1. The fourth-order valence-corrected chi connectivity index (χ4v) is 5.82. The van der Waals surface area contributed by atoms with E-state index < -0.39 is 59.5 Å². The Morgan fingerprint density at radius 3 is 2.15 bits per heavy atom. The van der Waals surface area contributed by atoms with Crippen LogP contribution in [-0.2, 0) is 39.7 Å². The molecule has 1 aliphatic heterocycles. The highest BCUT2D eigenvalue weighted by atomic mass is 19.4. The Morgan fingerprint density at radius 2 is 1.59 bits per heavy atom. The molecule has 0 bridgehead atoms. The largest absolute Gasteiger partial charge is 0.450 e. The van der Waals surface area contributed by atoms with Gasteiger partial charge in [-0.2, -0.15) is 31.4 Å². The van der Waals surface area contributed by atoms with Crippen LogP contribution in [0.2, 0.25) is 0 Å². The van der Waals surface area contributed by atoms with E-state index in [1.165, 1.54) is 43.3 Å². The molecule has 1 fully saturated rings. The second kappa shape index (κ2) is 19.1. The fraction of sp³-hybridized carbons (Fsp3) is 0.316. The van der Waals surface area contributed by atoms with E-state index in [0.29, 0.717) is 42.3 Å². The van der Waals surface area contributed by atoms with Crippen molar-refractivity contribution in [3.8, 4) is 0 Å². The number of aromatic amines is 2. The third-order valence-electron chi connectivity index (χ3n) is 8.67. The van der Waals surface area contributed by atoms with E-state index in [2.05, 4.69) is 30.8 Å². The summed E-state index contributed by atoms with van der Waals surface area (Å²) in [5.41, 5.74) is 3.78. The van der Waals surface area contributed by atoms with Gasteiger partial charge in [-0.05, 0) is 85.1 Å². The molecule has 316 valence electrons. The van der Waals surface area contributed by atoms with Gasteiger partial charge in [0.15, 0.2) is 6.29 Å². The molecule has 0 radical (unpaired) electrons. The van der Waals surface area contributed by atoms with Gasteiger partial charge in [-0.1, -0.05) is 24.3 Å². The summed E-state index contributed by atoms with van der Waals surface area (Å²) in [5, 5.41) is 11.7. The Morgan fingerprint density at radius 1 is 0.966 bits per heavy atom. The number of pyridine rings is 1. The molecule has 6 N–H and O–H groups in total. The van der Waals surface area contributed by atoms with Crippen LogP contribution in [0.1, 0.15) is 59.6 Å². The molecule has 0 unspecified atom stereocenters. The molecule has 5 aromatic rings. The summed E-state index contributed by atoms with van der Waals surface area (Å²) in [6.45, 7) is 4.29. The van der Waals surface area contributed by atoms with Crippen LogP contribution in [0.25, 0.3) is 0 Å². The maximum Gasteiger partial charge on any atom is 0.416 e. The zero-order valence-electron chi connectivity index (χ0n) is 31.3. The Labute approximate surface area is 330 Å². The molecule has 59 heavy (non-hydrogen) atoms. The first-order valence-corrected chi connectivity index (χ1v) is 17.8. The molecule has 2 aromatic heterocycles. The number of hydrogen-bond donors (Lipinski definition) is 5. The number of nitrogens with one attached hydrogen (secondary N) is 4. The first-order chi connectivity index (χ1) is 27.9. The number of nitrogens with two attached hydrogens (primary N) is 1. The number of hydrogen-bond acceptors (Lipinski definition) is 10. The Kier molecular flexibility index (Phi) is 14.3. The van der Waals surface area contributed by atoms with Crippen LogP contribution in [-0.4, -0.2) is 57.2 Å². The first kappa shape index (κ1) is 44.1. The van der Waals surface area contributed by atoms with Gasteiger partial charge in [0.2, 0.25) is 0 Å².